The molecule has 0 unspecified atom stereocenters. The first kappa shape index (κ1) is 10.7. The first-order chi connectivity index (χ1) is 7.66. The summed E-state index contributed by atoms with van der Waals surface area (Å²) in [7, 11) is 0. The number of benzene rings is 1. The molecule has 0 saturated carbocycles. The summed E-state index contributed by atoms with van der Waals surface area (Å²) in [5.74, 6) is -0.319. The normalized spacial score (nSPS) is 23.7. The van der Waals surface area contributed by atoms with Crippen molar-refractivity contribution < 1.29 is 14.6 Å². The summed E-state index contributed by atoms with van der Waals surface area (Å²) in [6, 6.07) is 9.40. The van der Waals surface area contributed by atoms with Crippen LogP contribution in [0, 0.1) is 0 Å². The van der Waals surface area contributed by atoms with Crippen molar-refractivity contribution in [2.45, 2.75) is 25.5 Å². The van der Waals surface area contributed by atoms with Crippen molar-refractivity contribution in [2.24, 2.45) is 4.99 Å². The molecule has 1 aromatic rings. The summed E-state index contributed by atoms with van der Waals surface area (Å²) < 4.78 is 5.54. The third-order valence-electron chi connectivity index (χ3n) is 2.52. The van der Waals surface area contributed by atoms with Crippen LogP contribution in [-0.2, 0) is 9.53 Å². The van der Waals surface area contributed by atoms with Crippen LogP contribution in [0.1, 0.15) is 18.9 Å². The summed E-state index contributed by atoms with van der Waals surface area (Å²) in [4.78, 5) is 14.9. The lowest BCUT2D eigenvalue weighted by Gasteiger charge is -2.11. The molecule has 1 aliphatic rings. The summed E-state index contributed by atoms with van der Waals surface area (Å²) in [6.45, 7) is 1.86. The molecule has 0 aliphatic carbocycles. The highest BCUT2D eigenvalue weighted by atomic mass is 16.5. The molecule has 2 atom stereocenters. The van der Waals surface area contributed by atoms with E-state index >= 15 is 0 Å². The van der Waals surface area contributed by atoms with Gasteiger partial charge < -0.3 is 9.84 Å². The Morgan fingerprint density at radius 1 is 1.44 bits per heavy atom. The number of aliphatic carboxylic acids is 1. The number of hydrogen-bond donors (Lipinski definition) is 1. The second-order valence-electron chi connectivity index (χ2n) is 3.80. The minimum absolute atomic E-state index is 0.0129. The average molecular weight is 219 g/mol. The van der Waals surface area contributed by atoms with E-state index in [0.29, 0.717) is 5.90 Å². The van der Waals surface area contributed by atoms with Crippen LogP contribution in [0.15, 0.2) is 35.3 Å². The Labute approximate surface area is 93.6 Å². The van der Waals surface area contributed by atoms with E-state index in [9.17, 15) is 4.79 Å². The molecule has 1 aliphatic heterocycles. The van der Waals surface area contributed by atoms with Crippen molar-refractivity contribution in [3.05, 3.63) is 35.9 Å². The Kier molecular flexibility index (Phi) is 2.90. The quantitative estimate of drug-likeness (QED) is 0.841. The molecule has 1 N–H and O–H groups in total. The highest BCUT2D eigenvalue weighted by molar-refractivity contribution is 5.95. The third-order valence-corrected chi connectivity index (χ3v) is 2.52. The number of ether oxygens (including phenoxy) is 1. The molecule has 0 fully saturated rings. The number of carboxylic acids is 1. The number of nitrogens with zero attached hydrogens (tertiary/aromatic N) is 1. The minimum Gasteiger partial charge on any atom is -0.481 e. The molecule has 84 valence electrons. The van der Waals surface area contributed by atoms with Gasteiger partial charge in [0.1, 0.15) is 6.10 Å². The fourth-order valence-electron chi connectivity index (χ4n) is 1.65. The first-order valence-electron chi connectivity index (χ1n) is 5.18. The molecule has 16 heavy (non-hydrogen) atoms. The van der Waals surface area contributed by atoms with Gasteiger partial charge in [-0.15, -0.1) is 0 Å². The largest absolute Gasteiger partial charge is 0.481 e. The molecule has 2 rings (SSSR count). The summed E-state index contributed by atoms with van der Waals surface area (Å²) >= 11 is 0. The van der Waals surface area contributed by atoms with Crippen LogP contribution >= 0.6 is 0 Å². The van der Waals surface area contributed by atoms with Crippen molar-refractivity contribution in [1.82, 2.24) is 0 Å². The van der Waals surface area contributed by atoms with Gasteiger partial charge in [-0.05, 0) is 19.1 Å². The molecule has 4 nitrogen and oxygen atoms in total. The van der Waals surface area contributed by atoms with Crippen molar-refractivity contribution in [1.29, 1.82) is 0 Å². The molecule has 0 radical (unpaired) electrons. The molecule has 0 bridgehead atoms. The number of aliphatic imine (C=N–C) groups is 1. The van der Waals surface area contributed by atoms with E-state index in [1.807, 2.05) is 37.3 Å². The van der Waals surface area contributed by atoms with Gasteiger partial charge in [0.05, 0.1) is 12.5 Å². The Balaban J connectivity index is 2.11. The van der Waals surface area contributed by atoms with Crippen molar-refractivity contribution in [2.75, 3.05) is 0 Å². The molecular weight excluding hydrogens is 206 g/mol. The molecule has 0 amide bonds. The molecule has 0 spiro atoms. The zero-order valence-corrected chi connectivity index (χ0v) is 8.96. The van der Waals surface area contributed by atoms with Crippen molar-refractivity contribution in [3.8, 4) is 0 Å². The van der Waals surface area contributed by atoms with Crippen LogP contribution in [0.4, 0.5) is 0 Å². The zero-order chi connectivity index (χ0) is 11.5. The van der Waals surface area contributed by atoms with Gasteiger partial charge >= 0.3 is 5.97 Å². The molecule has 1 heterocycles. The fraction of sp³-hybridized carbons (Fsp3) is 0.333. The van der Waals surface area contributed by atoms with Gasteiger partial charge in [0, 0.05) is 5.56 Å². The standard InChI is InChI=1S/C12H13NO3/c1-8-10(7-11(14)15)16-12(13-8)9-5-3-2-4-6-9/h2-6,8,10H,7H2,1H3,(H,14,15)/t8-,10-/m0/s1. The van der Waals surface area contributed by atoms with Crippen molar-refractivity contribution in [3.63, 3.8) is 0 Å². The van der Waals surface area contributed by atoms with E-state index in [4.69, 9.17) is 9.84 Å². The second-order valence-corrected chi connectivity index (χ2v) is 3.80. The average Bonchev–Trinajstić information content (AvgIpc) is 2.61. The Bertz CT molecular complexity index is 414. The number of carbonyl (C=O) groups is 1. The van der Waals surface area contributed by atoms with Gasteiger partial charge in [-0.1, -0.05) is 18.2 Å². The van der Waals surface area contributed by atoms with Crippen LogP contribution < -0.4 is 0 Å². The lowest BCUT2D eigenvalue weighted by Crippen LogP contribution is -2.23. The predicted octanol–water partition coefficient (Wildman–Crippen LogP) is 1.70. The van der Waals surface area contributed by atoms with Gasteiger partial charge in [-0.25, -0.2) is 4.99 Å². The minimum atomic E-state index is -0.860. The van der Waals surface area contributed by atoms with Crippen LogP contribution in [0.25, 0.3) is 0 Å². The predicted molar refractivity (Wildman–Crippen MR) is 59.6 cm³/mol. The van der Waals surface area contributed by atoms with Gasteiger partial charge in [-0.3, -0.25) is 4.79 Å². The smallest absolute Gasteiger partial charge is 0.307 e. The monoisotopic (exact) mass is 219 g/mol. The molecule has 4 heteroatoms. The van der Waals surface area contributed by atoms with E-state index in [-0.39, 0.29) is 18.6 Å². The molecule has 0 aromatic heterocycles. The summed E-state index contributed by atoms with van der Waals surface area (Å²) in [5, 5.41) is 8.72. The second kappa shape index (κ2) is 4.35. The molecular formula is C12H13NO3. The highest BCUT2D eigenvalue weighted by Crippen LogP contribution is 2.20. The lowest BCUT2D eigenvalue weighted by molar-refractivity contribution is -0.138. The van der Waals surface area contributed by atoms with Crippen LogP contribution in [-0.4, -0.2) is 29.1 Å². The van der Waals surface area contributed by atoms with E-state index in [1.165, 1.54) is 0 Å². The number of hydrogen-bond acceptors (Lipinski definition) is 3. The lowest BCUT2D eigenvalue weighted by atomic mass is 10.1. The fourth-order valence-corrected chi connectivity index (χ4v) is 1.65. The van der Waals surface area contributed by atoms with Gasteiger partial charge in [-0.2, -0.15) is 0 Å². The Morgan fingerprint density at radius 3 is 2.75 bits per heavy atom. The molecule has 0 saturated heterocycles. The molecule has 1 aromatic carbocycles. The zero-order valence-electron chi connectivity index (χ0n) is 8.96. The van der Waals surface area contributed by atoms with Crippen molar-refractivity contribution >= 4 is 11.9 Å². The van der Waals surface area contributed by atoms with Gasteiger partial charge in [0.25, 0.3) is 0 Å². The van der Waals surface area contributed by atoms with E-state index < -0.39 is 5.97 Å². The van der Waals surface area contributed by atoms with Gasteiger partial charge in [0.2, 0.25) is 5.90 Å². The van der Waals surface area contributed by atoms with E-state index in [2.05, 4.69) is 4.99 Å². The maximum Gasteiger partial charge on any atom is 0.307 e. The first-order valence-corrected chi connectivity index (χ1v) is 5.18. The van der Waals surface area contributed by atoms with Crippen LogP contribution in [0.2, 0.25) is 0 Å². The summed E-state index contributed by atoms with van der Waals surface area (Å²) in [5.41, 5.74) is 0.891. The van der Waals surface area contributed by atoms with E-state index in [1.54, 1.807) is 0 Å². The topological polar surface area (TPSA) is 58.9 Å². The Hall–Kier alpha value is -1.84. The van der Waals surface area contributed by atoms with Gasteiger partial charge in [0.15, 0.2) is 0 Å². The Morgan fingerprint density at radius 2 is 2.12 bits per heavy atom. The third kappa shape index (κ3) is 2.21. The highest BCUT2D eigenvalue weighted by Gasteiger charge is 2.29. The maximum absolute atomic E-state index is 10.6. The van der Waals surface area contributed by atoms with Crippen LogP contribution in [0.5, 0.6) is 0 Å². The van der Waals surface area contributed by atoms with E-state index in [0.717, 1.165) is 5.56 Å². The maximum atomic E-state index is 10.6. The summed E-state index contributed by atoms with van der Waals surface area (Å²) in [6.07, 6.45) is -0.367. The SMILES string of the molecule is C[C@@H]1N=C(c2ccccc2)O[C@H]1CC(=O)O. The van der Waals surface area contributed by atoms with Crippen LogP contribution in [0.3, 0.4) is 0 Å². The number of rotatable bonds is 3. The number of carboxylic acid groups (broad SMARTS) is 1.